The molecule has 0 aliphatic heterocycles. The average molecular weight is 319 g/mol. The summed E-state index contributed by atoms with van der Waals surface area (Å²) in [4.78, 5) is 23.8. The number of aliphatic carboxylic acids is 1. The van der Waals surface area contributed by atoms with Gasteiger partial charge >= 0.3 is 5.97 Å². The van der Waals surface area contributed by atoms with Crippen LogP contribution in [-0.4, -0.2) is 24.1 Å². The smallest absolute Gasteiger partial charge is 0.310 e. The number of hydrogen-bond donors (Lipinski definition) is 2. The molecule has 1 atom stereocenters. The Morgan fingerprint density at radius 1 is 1.27 bits per heavy atom. The quantitative estimate of drug-likeness (QED) is 0.856. The Balaban J connectivity index is 2.09. The molecule has 1 unspecified atom stereocenters. The van der Waals surface area contributed by atoms with Crippen LogP contribution in [0.5, 0.6) is 0 Å². The first-order chi connectivity index (χ1) is 10.5. The van der Waals surface area contributed by atoms with Crippen LogP contribution in [0, 0.1) is 0 Å². The number of benzene rings is 1. The van der Waals surface area contributed by atoms with Crippen LogP contribution in [-0.2, 0) is 16.1 Å². The lowest BCUT2D eigenvalue weighted by atomic mass is 10.0. The van der Waals surface area contributed by atoms with E-state index in [9.17, 15) is 9.59 Å². The summed E-state index contributed by atoms with van der Waals surface area (Å²) >= 11 is 1.36. The van der Waals surface area contributed by atoms with Crippen molar-refractivity contribution in [1.29, 1.82) is 0 Å². The fraction of sp³-hybridized carbons (Fsp3) is 0.250. The van der Waals surface area contributed by atoms with Gasteiger partial charge in [-0.3, -0.25) is 9.59 Å². The highest BCUT2D eigenvalue weighted by molar-refractivity contribution is 7.12. The zero-order valence-corrected chi connectivity index (χ0v) is 13.1. The second-order valence-electron chi connectivity index (χ2n) is 4.84. The number of methoxy groups -OCH3 is 1. The summed E-state index contributed by atoms with van der Waals surface area (Å²) < 4.78 is 5.06. The molecule has 2 rings (SSSR count). The van der Waals surface area contributed by atoms with E-state index in [4.69, 9.17) is 9.84 Å². The van der Waals surface area contributed by atoms with Gasteiger partial charge in [0.05, 0.1) is 17.4 Å². The molecule has 1 aromatic heterocycles. The van der Waals surface area contributed by atoms with Crippen molar-refractivity contribution in [3.63, 3.8) is 0 Å². The van der Waals surface area contributed by atoms with Crippen LogP contribution >= 0.6 is 11.3 Å². The van der Waals surface area contributed by atoms with Gasteiger partial charge < -0.3 is 15.2 Å². The van der Waals surface area contributed by atoms with Crippen molar-refractivity contribution in [3.05, 3.63) is 51.7 Å². The zero-order valence-electron chi connectivity index (χ0n) is 12.3. The minimum absolute atomic E-state index is 0.193. The van der Waals surface area contributed by atoms with Crippen molar-refractivity contribution >= 4 is 28.9 Å². The predicted molar refractivity (Wildman–Crippen MR) is 85.5 cm³/mol. The molecule has 1 aromatic carbocycles. The number of carboxylic acids is 1. The fourth-order valence-electron chi connectivity index (χ4n) is 1.99. The molecule has 1 heterocycles. The Hall–Kier alpha value is -2.18. The van der Waals surface area contributed by atoms with Crippen LogP contribution in [0.25, 0.3) is 0 Å². The van der Waals surface area contributed by atoms with E-state index in [-0.39, 0.29) is 5.91 Å². The van der Waals surface area contributed by atoms with Gasteiger partial charge in [-0.2, -0.15) is 0 Å². The number of thiophene rings is 1. The molecule has 0 aliphatic carbocycles. The third-order valence-electron chi connectivity index (χ3n) is 3.29. The Morgan fingerprint density at radius 3 is 2.55 bits per heavy atom. The second kappa shape index (κ2) is 7.20. The Morgan fingerprint density at radius 2 is 1.95 bits per heavy atom. The number of nitrogens with one attached hydrogen (secondary N) is 1. The number of amides is 1. The third-order valence-corrected chi connectivity index (χ3v) is 4.25. The average Bonchev–Trinajstić information content (AvgIpc) is 2.96. The molecule has 22 heavy (non-hydrogen) atoms. The molecule has 2 aromatic rings. The standard InChI is InChI=1S/C16H17NO4S/c1-10(16(19)20)11-3-5-13(6-4-11)17-15(18)14-12(9-21-2)7-8-22-14/h3-8,10H,9H2,1-2H3,(H,17,18)(H,19,20). The maximum absolute atomic E-state index is 12.2. The van der Waals surface area contributed by atoms with Crippen molar-refractivity contribution in [2.75, 3.05) is 12.4 Å². The fourth-order valence-corrected chi connectivity index (χ4v) is 2.79. The predicted octanol–water partition coefficient (Wildman–Crippen LogP) is 3.33. The number of ether oxygens (including phenoxy) is 1. The van der Waals surface area contributed by atoms with Gasteiger partial charge in [0.1, 0.15) is 0 Å². The first-order valence-electron chi connectivity index (χ1n) is 6.72. The van der Waals surface area contributed by atoms with Crippen LogP contribution in [0.15, 0.2) is 35.7 Å². The van der Waals surface area contributed by atoms with Crippen LogP contribution in [0.4, 0.5) is 5.69 Å². The maximum atomic E-state index is 12.2. The van der Waals surface area contributed by atoms with Gasteiger partial charge in [0, 0.05) is 18.4 Å². The summed E-state index contributed by atoms with van der Waals surface area (Å²) in [5, 5.41) is 13.6. The van der Waals surface area contributed by atoms with E-state index in [2.05, 4.69) is 5.32 Å². The van der Waals surface area contributed by atoms with Gasteiger partial charge in [-0.05, 0) is 36.1 Å². The monoisotopic (exact) mass is 319 g/mol. The van der Waals surface area contributed by atoms with Gasteiger partial charge in [0.2, 0.25) is 0 Å². The molecular weight excluding hydrogens is 302 g/mol. The molecule has 0 saturated carbocycles. The van der Waals surface area contributed by atoms with Gasteiger partial charge in [-0.1, -0.05) is 12.1 Å². The molecule has 0 fully saturated rings. The highest BCUT2D eigenvalue weighted by Gasteiger charge is 2.15. The number of carbonyl (C=O) groups excluding carboxylic acids is 1. The molecule has 6 heteroatoms. The van der Waals surface area contributed by atoms with E-state index >= 15 is 0 Å². The van der Waals surface area contributed by atoms with Gasteiger partial charge in [0.15, 0.2) is 0 Å². The summed E-state index contributed by atoms with van der Waals surface area (Å²) in [7, 11) is 1.59. The lowest BCUT2D eigenvalue weighted by Crippen LogP contribution is -2.13. The molecule has 1 amide bonds. The zero-order chi connectivity index (χ0) is 16.1. The molecule has 0 spiro atoms. The summed E-state index contributed by atoms with van der Waals surface area (Å²) in [5.41, 5.74) is 2.17. The van der Waals surface area contributed by atoms with Gasteiger partial charge in [-0.25, -0.2) is 0 Å². The molecule has 0 aliphatic rings. The van der Waals surface area contributed by atoms with Crippen molar-refractivity contribution in [2.24, 2.45) is 0 Å². The van der Waals surface area contributed by atoms with E-state index in [0.29, 0.717) is 22.7 Å². The highest BCUT2D eigenvalue weighted by Crippen LogP contribution is 2.21. The number of hydrogen-bond acceptors (Lipinski definition) is 4. The normalized spacial score (nSPS) is 11.9. The van der Waals surface area contributed by atoms with Crippen LogP contribution in [0.3, 0.4) is 0 Å². The molecule has 0 radical (unpaired) electrons. The van der Waals surface area contributed by atoms with Crippen molar-refractivity contribution < 1.29 is 19.4 Å². The van der Waals surface area contributed by atoms with E-state index < -0.39 is 11.9 Å². The van der Waals surface area contributed by atoms with Crippen molar-refractivity contribution in [1.82, 2.24) is 0 Å². The first kappa shape index (κ1) is 16.2. The molecular formula is C16H17NO4S. The lowest BCUT2D eigenvalue weighted by Gasteiger charge is -2.09. The molecule has 5 nitrogen and oxygen atoms in total. The SMILES string of the molecule is COCc1ccsc1C(=O)Nc1ccc(C(C)C(=O)O)cc1. The van der Waals surface area contributed by atoms with Gasteiger partial charge in [0.25, 0.3) is 5.91 Å². The Kier molecular flexibility index (Phi) is 5.30. The number of anilines is 1. The van der Waals surface area contributed by atoms with Crippen molar-refractivity contribution in [3.8, 4) is 0 Å². The third kappa shape index (κ3) is 3.72. The van der Waals surface area contributed by atoms with E-state index in [1.165, 1.54) is 11.3 Å². The van der Waals surface area contributed by atoms with E-state index in [1.807, 2.05) is 11.4 Å². The topological polar surface area (TPSA) is 75.6 Å². The minimum Gasteiger partial charge on any atom is -0.481 e. The van der Waals surface area contributed by atoms with E-state index in [1.54, 1.807) is 38.3 Å². The Bertz CT molecular complexity index is 663. The summed E-state index contributed by atoms with van der Waals surface area (Å²) in [6.07, 6.45) is 0. The minimum atomic E-state index is -0.875. The van der Waals surface area contributed by atoms with Crippen molar-refractivity contribution in [2.45, 2.75) is 19.4 Å². The van der Waals surface area contributed by atoms with Gasteiger partial charge in [-0.15, -0.1) is 11.3 Å². The molecule has 0 bridgehead atoms. The second-order valence-corrected chi connectivity index (χ2v) is 5.76. The molecule has 0 saturated heterocycles. The highest BCUT2D eigenvalue weighted by atomic mass is 32.1. The number of carboxylic acid groups (broad SMARTS) is 1. The van der Waals surface area contributed by atoms with Crippen LogP contribution in [0.2, 0.25) is 0 Å². The van der Waals surface area contributed by atoms with Crippen LogP contribution in [0.1, 0.15) is 33.6 Å². The maximum Gasteiger partial charge on any atom is 0.310 e. The summed E-state index contributed by atoms with van der Waals surface area (Å²) in [6, 6.07) is 8.69. The molecule has 116 valence electrons. The largest absolute Gasteiger partial charge is 0.481 e. The molecule has 2 N–H and O–H groups in total. The summed E-state index contributed by atoms with van der Waals surface area (Å²) in [5.74, 6) is -1.64. The van der Waals surface area contributed by atoms with Crippen LogP contribution < -0.4 is 5.32 Å². The van der Waals surface area contributed by atoms with E-state index in [0.717, 1.165) is 5.56 Å². The first-order valence-corrected chi connectivity index (χ1v) is 7.60. The number of rotatable bonds is 6. The summed E-state index contributed by atoms with van der Waals surface area (Å²) in [6.45, 7) is 2.01. The lowest BCUT2D eigenvalue weighted by molar-refractivity contribution is -0.138. The number of carbonyl (C=O) groups is 2. The Labute approximate surface area is 132 Å².